The van der Waals surface area contributed by atoms with Gasteiger partial charge in [-0.2, -0.15) is 0 Å². The second-order valence-electron chi connectivity index (χ2n) is 18.7. The van der Waals surface area contributed by atoms with Gasteiger partial charge >= 0.3 is 23.9 Å². The molecule has 282 valence electrons. The van der Waals surface area contributed by atoms with Gasteiger partial charge in [0.05, 0.1) is 0 Å². The summed E-state index contributed by atoms with van der Waals surface area (Å²) in [4.78, 5) is 46.8. The average molecular weight is 701 g/mol. The van der Waals surface area contributed by atoms with Crippen molar-refractivity contribution in [2.45, 2.75) is 150 Å². The minimum Gasteiger partial charge on any atom is -0.481 e. The van der Waals surface area contributed by atoms with E-state index in [0.717, 1.165) is 64.2 Å². The van der Waals surface area contributed by atoms with Gasteiger partial charge in [0.25, 0.3) is 0 Å². The van der Waals surface area contributed by atoms with Crippen LogP contribution in [0.25, 0.3) is 0 Å². The first-order chi connectivity index (χ1) is 23.2. The Morgan fingerprint density at radius 2 is 1.34 bits per heavy atom. The van der Waals surface area contributed by atoms with E-state index in [-0.39, 0.29) is 58.8 Å². The van der Waals surface area contributed by atoms with Crippen molar-refractivity contribution in [3.8, 4) is 0 Å². The van der Waals surface area contributed by atoms with Crippen molar-refractivity contribution in [1.82, 2.24) is 10.6 Å². The molecule has 0 spiro atoms. The molecule has 0 bridgehead atoms. The van der Waals surface area contributed by atoms with Crippen molar-refractivity contribution in [1.29, 1.82) is 0 Å². The number of hydrogen-bond acceptors (Lipinski definition) is 6. The molecule has 10 nitrogen and oxygen atoms in total. The number of aliphatic carboxylic acids is 4. The first kappa shape index (κ1) is 38.8. The van der Waals surface area contributed by atoms with Crippen molar-refractivity contribution < 1.29 is 39.6 Å². The van der Waals surface area contributed by atoms with E-state index in [2.05, 4.69) is 58.8 Å². The molecule has 10 heteroatoms. The molecule has 0 aliphatic heterocycles. The molecule has 0 radical (unpaired) electrons. The topological polar surface area (TPSA) is 173 Å². The summed E-state index contributed by atoms with van der Waals surface area (Å²) in [6.45, 7) is 19.5. The summed E-state index contributed by atoms with van der Waals surface area (Å²) in [6, 6.07) is -1.76. The van der Waals surface area contributed by atoms with Crippen LogP contribution in [0.3, 0.4) is 0 Å². The molecule has 6 N–H and O–H groups in total. The van der Waals surface area contributed by atoms with Gasteiger partial charge in [0.2, 0.25) is 0 Å². The van der Waals surface area contributed by atoms with Crippen molar-refractivity contribution in [3.05, 3.63) is 12.2 Å². The molecule has 2 unspecified atom stereocenters. The summed E-state index contributed by atoms with van der Waals surface area (Å²) in [7, 11) is 0. The normalized spacial score (nSPS) is 41.4. The average Bonchev–Trinajstić information content (AvgIpc) is 3.40. The molecule has 5 saturated carbocycles. The lowest BCUT2D eigenvalue weighted by Crippen LogP contribution is -2.68. The molecule has 0 saturated heterocycles. The summed E-state index contributed by atoms with van der Waals surface area (Å²) in [5.74, 6) is -1.71. The number of nitrogens with one attached hydrogen (secondary N) is 2. The predicted molar refractivity (Wildman–Crippen MR) is 190 cm³/mol. The van der Waals surface area contributed by atoms with Crippen LogP contribution >= 0.6 is 0 Å². The summed E-state index contributed by atoms with van der Waals surface area (Å²) >= 11 is 0. The Hall–Kier alpha value is -2.46. The highest BCUT2D eigenvalue weighted by molar-refractivity contribution is 5.75. The number of carbonyl (C=O) groups is 4. The minimum atomic E-state index is -0.987. The zero-order valence-corrected chi connectivity index (χ0v) is 31.4. The summed E-state index contributed by atoms with van der Waals surface area (Å²) in [5.41, 5.74) is 1.35. The number of carboxylic acid groups (broad SMARTS) is 4. The lowest BCUT2D eigenvalue weighted by Gasteiger charge is -2.73. The van der Waals surface area contributed by atoms with E-state index in [4.69, 9.17) is 0 Å². The van der Waals surface area contributed by atoms with E-state index >= 15 is 0 Å². The van der Waals surface area contributed by atoms with Gasteiger partial charge in [-0.25, -0.2) is 0 Å². The number of fused-ring (bicyclic) bond motifs is 7. The molecule has 0 heterocycles. The Labute approximate surface area is 298 Å². The van der Waals surface area contributed by atoms with Crippen LogP contribution in [0.4, 0.5) is 0 Å². The van der Waals surface area contributed by atoms with Crippen LogP contribution in [0.2, 0.25) is 0 Å². The molecule has 5 rings (SSSR count). The van der Waals surface area contributed by atoms with Gasteiger partial charge in [0, 0.05) is 25.4 Å². The fourth-order valence-electron chi connectivity index (χ4n) is 13.6. The molecule has 12 atom stereocenters. The van der Waals surface area contributed by atoms with Crippen LogP contribution in [0.1, 0.15) is 131 Å². The molecule has 5 fully saturated rings. The van der Waals surface area contributed by atoms with Crippen LogP contribution in [0, 0.1) is 56.7 Å². The van der Waals surface area contributed by atoms with Crippen LogP contribution in [0.5, 0.6) is 0 Å². The second-order valence-corrected chi connectivity index (χ2v) is 18.7. The quantitative estimate of drug-likeness (QED) is 0.106. The Morgan fingerprint density at radius 1 is 0.720 bits per heavy atom. The molecule has 0 aromatic rings. The first-order valence-electron chi connectivity index (χ1n) is 19.3. The van der Waals surface area contributed by atoms with E-state index in [1.807, 2.05) is 0 Å². The predicted octanol–water partition coefficient (Wildman–Crippen LogP) is 6.83. The summed E-state index contributed by atoms with van der Waals surface area (Å²) in [5, 5.41) is 45.1. The maximum Gasteiger partial charge on any atom is 0.320 e. The minimum absolute atomic E-state index is 0.00510. The molecule has 0 aromatic carbocycles. The number of hydrogen-bond donors (Lipinski definition) is 6. The summed E-state index contributed by atoms with van der Waals surface area (Å²) < 4.78 is 0. The second kappa shape index (κ2) is 13.8. The molecular formula is C40H64N2O8. The fraction of sp³-hybridized carbons (Fsp3) is 0.850. The lowest BCUT2D eigenvalue weighted by atomic mass is 9.32. The van der Waals surface area contributed by atoms with E-state index in [1.165, 1.54) is 5.57 Å². The fourth-order valence-corrected chi connectivity index (χ4v) is 13.6. The van der Waals surface area contributed by atoms with Gasteiger partial charge in [0.1, 0.15) is 12.1 Å². The van der Waals surface area contributed by atoms with Crippen molar-refractivity contribution in [2.75, 3.05) is 6.54 Å². The molecular weight excluding hydrogens is 636 g/mol. The van der Waals surface area contributed by atoms with Gasteiger partial charge in [-0.3, -0.25) is 19.2 Å². The van der Waals surface area contributed by atoms with E-state index in [0.29, 0.717) is 36.1 Å². The SMILES string of the molecule is C=C(C)[C@@H]1CC[C@]2(CNC(CCC(=O)O)C(=O)O)CC[C@]3(C)[C@H](CC[C@@H]4[C@@]5(C)CC[C@H](NC(CCC(=O)O)C(=O)O)C(C)(C)[C@@H]5CC[C@]43C)[C@@H]12. The van der Waals surface area contributed by atoms with Gasteiger partial charge in [0.15, 0.2) is 0 Å². The Morgan fingerprint density at radius 3 is 1.92 bits per heavy atom. The smallest absolute Gasteiger partial charge is 0.320 e. The zero-order chi connectivity index (χ0) is 37.0. The number of rotatable bonds is 14. The van der Waals surface area contributed by atoms with Crippen LogP contribution in [-0.4, -0.2) is 69.0 Å². The monoisotopic (exact) mass is 700 g/mol. The Bertz CT molecular complexity index is 1360. The van der Waals surface area contributed by atoms with Crippen LogP contribution in [-0.2, 0) is 19.2 Å². The maximum atomic E-state index is 12.2. The van der Waals surface area contributed by atoms with E-state index in [1.54, 1.807) is 0 Å². The molecule has 5 aliphatic carbocycles. The van der Waals surface area contributed by atoms with E-state index < -0.39 is 36.0 Å². The molecule has 0 amide bonds. The lowest BCUT2D eigenvalue weighted by molar-refractivity contribution is -0.239. The zero-order valence-electron chi connectivity index (χ0n) is 31.4. The van der Waals surface area contributed by atoms with E-state index in [9.17, 15) is 39.6 Å². The first-order valence-corrected chi connectivity index (χ1v) is 19.3. The van der Waals surface area contributed by atoms with Gasteiger partial charge in [-0.15, -0.1) is 0 Å². The van der Waals surface area contributed by atoms with Crippen molar-refractivity contribution in [3.63, 3.8) is 0 Å². The number of allylic oxidation sites excluding steroid dienone is 1. The van der Waals surface area contributed by atoms with Gasteiger partial charge in [-0.1, -0.05) is 46.8 Å². The highest BCUT2D eigenvalue weighted by atomic mass is 16.4. The Balaban J connectivity index is 1.40. The third-order valence-electron chi connectivity index (χ3n) is 16.3. The van der Waals surface area contributed by atoms with Crippen molar-refractivity contribution >= 4 is 23.9 Å². The maximum absolute atomic E-state index is 12.2. The number of carboxylic acids is 4. The molecule has 5 aliphatic rings. The Kier molecular flexibility index (Phi) is 10.7. The largest absolute Gasteiger partial charge is 0.481 e. The third kappa shape index (κ3) is 6.43. The van der Waals surface area contributed by atoms with Crippen molar-refractivity contribution in [2.24, 2.45) is 56.7 Å². The highest BCUT2D eigenvalue weighted by Crippen LogP contribution is 2.77. The summed E-state index contributed by atoms with van der Waals surface area (Å²) in [6.07, 6.45) is 10.4. The van der Waals surface area contributed by atoms with Crippen LogP contribution in [0.15, 0.2) is 12.2 Å². The standard InChI is InChI=1S/C40H64N2O8/c1-23(2)24-14-19-40(22-41-26(34(47)48)9-12-31(43)44)21-20-38(6)25(33(24)40)8-11-29-37(5)17-16-30(42-27(35(49)50)10-13-32(45)46)36(3,4)28(37)15-18-39(29,38)7/h24-30,33,41-42H,1,8-22H2,2-7H3,(H,43,44)(H,45,46)(H,47,48)(H,49,50)/t24-,25+,26?,27?,28-,29+,30-,33+,37-,38+,39+,40+/m0/s1. The van der Waals surface area contributed by atoms with Gasteiger partial charge < -0.3 is 31.1 Å². The molecule has 50 heavy (non-hydrogen) atoms. The highest BCUT2D eigenvalue weighted by Gasteiger charge is 2.70. The third-order valence-corrected chi connectivity index (χ3v) is 16.3. The van der Waals surface area contributed by atoms with Crippen LogP contribution < -0.4 is 10.6 Å². The van der Waals surface area contributed by atoms with Gasteiger partial charge in [-0.05, 0) is 141 Å². The molecule has 0 aromatic heterocycles.